The molecular formula is C23H21N3O3S. The van der Waals surface area contributed by atoms with E-state index >= 15 is 0 Å². The molecule has 6 nitrogen and oxygen atoms in total. The van der Waals surface area contributed by atoms with Crippen LogP contribution in [-0.4, -0.2) is 16.8 Å². The van der Waals surface area contributed by atoms with Gasteiger partial charge in [-0.25, -0.2) is 4.98 Å². The number of benzene rings is 2. The number of furan rings is 1. The van der Waals surface area contributed by atoms with E-state index in [1.165, 1.54) is 23.8 Å². The van der Waals surface area contributed by atoms with Gasteiger partial charge in [0.1, 0.15) is 5.58 Å². The Labute approximate surface area is 177 Å². The van der Waals surface area contributed by atoms with Gasteiger partial charge in [-0.3, -0.25) is 9.59 Å². The van der Waals surface area contributed by atoms with Crippen LogP contribution in [0.4, 0.5) is 10.8 Å². The third kappa shape index (κ3) is 4.41. The highest BCUT2D eigenvalue weighted by molar-refractivity contribution is 7.14. The van der Waals surface area contributed by atoms with Gasteiger partial charge in [0.25, 0.3) is 0 Å². The SMILES string of the molecule is CCc1ccc2c(CC(=O)Nc3nc(-c4ccc(NC(C)=O)cc4)cs3)coc2c1. The summed E-state index contributed by atoms with van der Waals surface area (Å²) < 4.78 is 5.62. The van der Waals surface area contributed by atoms with Crippen molar-refractivity contribution in [2.24, 2.45) is 0 Å². The van der Waals surface area contributed by atoms with Crippen molar-refractivity contribution in [3.63, 3.8) is 0 Å². The van der Waals surface area contributed by atoms with Crippen LogP contribution in [0.15, 0.2) is 58.5 Å². The van der Waals surface area contributed by atoms with Gasteiger partial charge in [0.2, 0.25) is 11.8 Å². The first-order valence-electron chi connectivity index (χ1n) is 9.64. The Hall–Kier alpha value is -3.45. The molecule has 4 aromatic rings. The molecule has 0 saturated carbocycles. The number of thiazole rings is 1. The lowest BCUT2D eigenvalue weighted by Gasteiger charge is -2.03. The number of carbonyl (C=O) groups excluding carboxylic acids is 2. The second-order valence-corrected chi connectivity index (χ2v) is 7.82. The largest absolute Gasteiger partial charge is 0.464 e. The minimum absolute atomic E-state index is 0.113. The summed E-state index contributed by atoms with van der Waals surface area (Å²) in [5.41, 5.74) is 5.27. The molecule has 0 radical (unpaired) electrons. The van der Waals surface area contributed by atoms with Crippen molar-refractivity contribution in [3.05, 3.63) is 65.2 Å². The topological polar surface area (TPSA) is 84.2 Å². The smallest absolute Gasteiger partial charge is 0.230 e. The monoisotopic (exact) mass is 419 g/mol. The van der Waals surface area contributed by atoms with Gasteiger partial charge < -0.3 is 15.1 Å². The van der Waals surface area contributed by atoms with Crippen molar-refractivity contribution in [1.29, 1.82) is 0 Å². The Balaban J connectivity index is 1.42. The molecule has 0 saturated heterocycles. The molecule has 7 heteroatoms. The summed E-state index contributed by atoms with van der Waals surface area (Å²) in [5.74, 6) is -0.253. The van der Waals surface area contributed by atoms with Crippen LogP contribution in [0.1, 0.15) is 25.0 Å². The molecule has 2 N–H and O–H groups in total. The number of fused-ring (bicyclic) bond motifs is 1. The average molecular weight is 420 g/mol. The molecule has 2 amide bonds. The molecule has 152 valence electrons. The zero-order valence-electron chi connectivity index (χ0n) is 16.7. The van der Waals surface area contributed by atoms with Gasteiger partial charge in [0.15, 0.2) is 5.13 Å². The highest BCUT2D eigenvalue weighted by Crippen LogP contribution is 2.27. The lowest BCUT2D eigenvalue weighted by atomic mass is 10.1. The van der Waals surface area contributed by atoms with Gasteiger partial charge in [-0.15, -0.1) is 11.3 Å². The third-order valence-electron chi connectivity index (χ3n) is 4.73. The number of hydrogen-bond acceptors (Lipinski definition) is 5. The van der Waals surface area contributed by atoms with Gasteiger partial charge in [-0.05, 0) is 30.2 Å². The van der Waals surface area contributed by atoms with Gasteiger partial charge in [-0.2, -0.15) is 0 Å². The van der Waals surface area contributed by atoms with Gasteiger partial charge in [0, 0.05) is 34.5 Å². The summed E-state index contributed by atoms with van der Waals surface area (Å²) in [6.07, 6.45) is 2.81. The maximum Gasteiger partial charge on any atom is 0.230 e. The van der Waals surface area contributed by atoms with E-state index in [0.717, 1.165) is 39.9 Å². The van der Waals surface area contributed by atoms with Crippen LogP contribution in [-0.2, 0) is 22.4 Å². The number of amides is 2. The number of aromatic nitrogens is 1. The normalized spacial score (nSPS) is 10.9. The van der Waals surface area contributed by atoms with Crippen LogP contribution in [0.5, 0.6) is 0 Å². The summed E-state index contributed by atoms with van der Waals surface area (Å²) >= 11 is 1.37. The van der Waals surface area contributed by atoms with Crippen molar-refractivity contribution >= 4 is 44.9 Å². The molecule has 0 aliphatic carbocycles. The molecule has 0 unspecified atom stereocenters. The molecule has 2 aromatic heterocycles. The fourth-order valence-corrected chi connectivity index (χ4v) is 3.95. The first kappa shape index (κ1) is 19.8. The van der Waals surface area contributed by atoms with E-state index in [9.17, 15) is 9.59 Å². The predicted molar refractivity (Wildman–Crippen MR) is 120 cm³/mol. The zero-order valence-corrected chi connectivity index (χ0v) is 17.5. The highest BCUT2D eigenvalue weighted by Gasteiger charge is 2.13. The lowest BCUT2D eigenvalue weighted by molar-refractivity contribution is -0.116. The molecule has 4 rings (SSSR count). The molecule has 0 bridgehead atoms. The minimum Gasteiger partial charge on any atom is -0.464 e. The maximum atomic E-state index is 12.5. The first-order valence-corrected chi connectivity index (χ1v) is 10.5. The van der Waals surface area contributed by atoms with E-state index in [0.29, 0.717) is 5.13 Å². The Morgan fingerprint density at radius 1 is 1.10 bits per heavy atom. The summed E-state index contributed by atoms with van der Waals surface area (Å²) in [7, 11) is 0. The van der Waals surface area contributed by atoms with Crippen molar-refractivity contribution in [2.75, 3.05) is 10.6 Å². The Bertz CT molecular complexity index is 1210. The van der Waals surface area contributed by atoms with Crippen LogP contribution in [0.3, 0.4) is 0 Å². The average Bonchev–Trinajstić information content (AvgIpc) is 3.35. The van der Waals surface area contributed by atoms with Crippen LogP contribution < -0.4 is 10.6 Å². The summed E-state index contributed by atoms with van der Waals surface area (Å²) in [6, 6.07) is 13.5. The van der Waals surface area contributed by atoms with Crippen LogP contribution in [0, 0.1) is 0 Å². The maximum absolute atomic E-state index is 12.5. The molecule has 0 aliphatic rings. The quantitative estimate of drug-likeness (QED) is 0.447. The summed E-state index contributed by atoms with van der Waals surface area (Å²) in [4.78, 5) is 28.1. The number of nitrogens with zero attached hydrogens (tertiary/aromatic N) is 1. The van der Waals surface area contributed by atoms with Gasteiger partial charge in [-0.1, -0.05) is 31.2 Å². The standard InChI is InChI=1S/C23H21N3O3S/c1-3-15-4-9-19-17(12-29-21(19)10-15)11-22(28)26-23-25-20(13-30-23)16-5-7-18(8-6-16)24-14(2)27/h4-10,12-13H,3,11H2,1-2H3,(H,24,27)(H,25,26,28). The molecule has 0 spiro atoms. The number of carbonyl (C=O) groups is 2. The Morgan fingerprint density at radius 3 is 2.63 bits per heavy atom. The summed E-state index contributed by atoms with van der Waals surface area (Å²) in [5, 5.41) is 8.99. The number of aryl methyl sites for hydroxylation is 1. The van der Waals surface area contributed by atoms with Crippen LogP contribution in [0.2, 0.25) is 0 Å². The zero-order chi connectivity index (χ0) is 21.1. The van der Waals surface area contributed by atoms with Gasteiger partial charge >= 0.3 is 0 Å². The Kier molecular flexibility index (Phi) is 5.63. The van der Waals surface area contributed by atoms with Crippen molar-refractivity contribution in [1.82, 2.24) is 4.98 Å². The van der Waals surface area contributed by atoms with E-state index in [-0.39, 0.29) is 18.2 Å². The number of nitrogens with one attached hydrogen (secondary N) is 2. The van der Waals surface area contributed by atoms with Crippen LogP contribution >= 0.6 is 11.3 Å². The van der Waals surface area contributed by atoms with E-state index < -0.39 is 0 Å². The van der Waals surface area contributed by atoms with Crippen molar-refractivity contribution < 1.29 is 14.0 Å². The predicted octanol–water partition coefficient (Wildman–Crippen LogP) is 5.26. The van der Waals surface area contributed by atoms with E-state index in [1.807, 2.05) is 41.8 Å². The number of anilines is 2. The molecule has 0 fully saturated rings. The fourth-order valence-electron chi connectivity index (χ4n) is 3.21. The molecule has 0 atom stereocenters. The van der Waals surface area contributed by atoms with E-state index in [1.54, 1.807) is 6.26 Å². The van der Waals surface area contributed by atoms with Crippen molar-refractivity contribution in [2.45, 2.75) is 26.7 Å². The lowest BCUT2D eigenvalue weighted by Crippen LogP contribution is -2.13. The second-order valence-electron chi connectivity index (χ2n) is 6.97. The number of hydrogen-bond donors (Lipinski definition) is 2. The highest BCUT2D eigenvalue weighted by atomic mass is 32.1. The van der Waals surface area contributed by atoms with Crippen molar-refractivity contribution in [3.8, 4) is 11.3 Å². The minimum atomic E-state index is -0.140. The fraction of sp³-hybridized carbons (Fsp3) is 0.174. The molecule has 2 aromatic carbocycles. The third-order valence-corrected chi connectivity index (χ3v) is 5.49. The first-order chi connectivity index (χ1) is 14.5. The molecule has 0 aliphatic heterocycles. The second kappa shape index (κ2) is 8.51. The Morgan fingerprint density at radius 2 is 1.90 bits per heavy atom. The molecule has 30 heavy (non-hydrogen) atoms. The molecular weight excluding hydrogens is 398 g/mol. The number of rotatable bonds is 6. The van der Waals surface area contributed by atoms with E-state index in [2.05, 4.69) is 28.6 Å². The summed E-state index contributed by atoms with van der Waals surface area (Å²) in [6.45, 7) is 3.57. The molecule has 2 heterocycles. The van der Waals surface area contributed by atoms with E-state index in [4.69, 9.17) is 4.42 Å². The van der Waals surface area contributed by atoms with Crippen LogP contribution in [0.25, 0.3) is 22.2 Å². The van der Waals surface area contributed by atoms with Gasteiger partial charge in [0.05, 0.1) is 18.4 Å².